The van der Waals surface area contributed by atoms with E-state index in [-0.39, 0.29) is 22.6 Å². The van der Waals surface area contributed by atoms with Gasteiger partial charge in [-0.3, -0.25) is 4.79 Å². The molecule has 1 aliphatic heterocycles. The Morgan fingerprint density at radius 1 is 1.42 bits per heavy atom. The van der Waals surface area contributed by atoms with Gasteiger partial charge in [-0.05, 0) is 38.0 Å². The predicted octanol–water partition coefficient (Wildman–Crippen LogP) is 2.97. The third kappa shape index (κ3) is 4.40. The van der Waals surface area contributed by atoms with Crippen molar-refractivity contribution >= 4 is 44.6 Å². The van der Waals surface area contributed by atoms with Crippen molar-refractivity contribution in [3.8, 4) is 0 Å². The van der Waals surface area contributed by atoms with Crippen molar-refractivity contribution < 1.29 is 13.2 Å². The fourth-order valence-corrected chi connectivity index (χ4v) is 5.06. The first-order valence-corrected chi connectivity index (χ1v) is 11.1. The molecule has 0 radical (unpaired) electrons. The number of piperidine rings is 1. The number of hydrogen-bond acceptors (Lipinski definition) is 6. The van der Waals surface area contributed by atoms with E-state index >= 15 is 0 Å². The second kappa shape index (κ2) is 7.99. The molecule has 0 aliphatic carbocycles. The van der Waals surface area contributed by atoms with Crippen LogP contribution in [0.2, 0.25) is 5.02 Å². The summed E-state index contributed by atoms with van der Waals surface area (Å²) in [6.07, 6.45) is 1.60. The fourth-order valence-electron chi connectivity index (χ4n) is 2.82. The van der Waals surface area contributed by atoms with E-state index in [0.717, 1.165) is 12.8 Å². The Hall–Kier alpha value is -1.55. The third-order valence-electron chi connectivity index (χ3n) is 4.21. The molecule has 1 aromatic heterocycles. The highest BCUT2D eigenvalue weighted by molar-refractivity contribution is 7.89. The highest BCUT2D eigenvalue weighted by Crippen LogP contribution is 2.30. The fraction of sp³-hybridized carbons (Fsp3) is 0.438. The van der Waals surface area contributed by atoms with E-state index in [9.17, 15) is 13.2 Å². The molecule has 2 aromatic rings. The molecule has 7 nitrogen and oxygen atoms in total. The standard InChI is InChI=1S/C16H19ClN4O3S2/c1-2-26(23,24)21-8-4-5-11(10-21)15-19-20-16(25-15)14(22)18-13-7-3-6-12(17)9-13/h3,6-7,9,11H,2,4-5,8,10H2,1H3,(H,18,22)/t11-/m1/s1. The maximum atomic E-state index is 12.3. The van der Waals surface area contributed by atoms with Gasteiger partial charge in [0.2, 0.25) is 15.0 Å². The summed E-state index contributed by atoms with van der Waals surface area (Å²) in [7, 11) is -3.22. The molecule has 1 saturated heterocycles. The van der Waals surface area contributed by atoms with Crippen LogP contribution in [-0.4, -0.2) is 47.7 Å². The molecule has 10 heteroatoms. The minimum Gasteiger partial charge on any atom is -0.320 e. The minimum atomic E-state index is -3.22. The van der Waals surface area contributed by atoms with Crippen LogP contribution in [0.1, 0.15) is 40.5 Å². The summed E-state index contributed by atoms with van der Waals surface area (Å²) >= 11 is 7.11. The Morgan fingerprint density at radius 2 is 2.23 bits per heavy atom. The minimum absolute atomic E-state index is 0.0321. The van der Waals surface area contributed by atoms with Crippen LogP contribution in [0.25, 0.3) is 0 Å². The molecule has 1 aliphatic rings. The number of halogens is 1. The van der Waals surface area contributed by atoms with Crippen LogP contribution < -0.4 is 5.32 Å². The Kier molecular flexibility index (Phi) is 5.91. The molecule has 1 amide bonds. The van der Waals surface area contributed by atoms with E-state index in [0.29, 0.717) is 28.8 Å². The number of benzene rings is 1. The molecule has 140 valence electrons. The molecule has 0 spiro atoms. The zero-order chi connectivity index (χ0) is 18.7. The summed E-state index contributed by atoms with van der Waals surface area (Å²) in [6.45, 7) is 2.57. The van der Waals surface area contributed by atoms with E-state index in [1.807, 2.05) is 0 Å². The quantitative estimate of drug-likeness (QED) is 0.811. The van der Waals surface area contributed by atoms with Gasteiger partial charge in [-0.1, -0.05) is 29.0 Å². The lowest BCUT2D eigenvalue weighted by atomic mass is 10.0. The highest BCUT2D eigenvalue weighted by Gasteiger charge is 2.30. The van der Waals surface area contributed by atoms with E-state index in [1.54, 1.807) is 31.2 Å². The van der Waals surface area contributed by atoms with Crippen molar-refractivity contribution in [1.82, 2.24) is 14.5 Å². The van der Waals surface area contributed by atoms with Gasteiger partial charge >= 0.3 is 0 Å². The normalized spacial score (nSPS) is 18.6. The van der Waals surface area contributed by atoms with E-state index < -0.39 is 10.0 Å². The molecular weight excluding hydrogens is 396 g/mol. The monoisotopic (exact) mass is 414 g/mol. The van der Waals surface area contributed by atoms with Gasteiger partial charge in [0.15, 0.2) is 0 Å². The van der Waals surface area contributed by atoms with Crippen LogP contribution >= 0.6 is 22.9 Å². The van der Waals surface area contributed by atoms with Crippen molar-refractivity contribution in [2.45, 2.75) is 25.7 Å². The van der Waals surface area contributed by atoms with Crippen molar-refractivity contribution in [3.05, 3.63) is 39.3 Å². The van der Waals surface area contributed by atoms with Crippen LogP contribution in [0.3, 0.4) is 0 Å². The predicted molar refractivity (Wildman–Crippen MR) is 102 cm³/mol. The number of aromatic nitrogens is 2. The van der Waals surface area contributed by atoms with Gasteiger partial charge in [-0.2, -0.15) is 0 Å². The van der Waals surface area contributed by atoms with E-state index in [2.05, 4.69) is 15.5 Å². The van der Waals surface area contributed by atoms with Crippen LogP contribution in [0.15, 0.2) is 24.3 Å². The van der Waals surface area contributed by atoms with Gasteiger partial charge in [0.05, 0.1) is 5.75 Å². The molecule has 1 N–H and O–H groups in total. The highest BCUT2D eigenvalue weighted by atomic mass is 35.5. The van der Waals surface area contributed by atoms with Gasteiger partial charge in [0.25, 0.3) is 5.91 Å². The maximum Gasteiger partial charge on any atom is 0.286 e. The van der Waals surface area contributed by atoms with Gasteiger partial charge in [-0.15, -0.1) is 10.2 Å². The molecule has 1 aromatic carbocycles. The summed E-state index contributed by atoms with van der Waals surface area (Å²) in [4.78, 5) is 12.3. The van der Waals surface area contributed by atoms with Gasteiger partial charge in [0, 0.05) is 29.7 Å². The second-order valence-corrected chi connectivity index (χ2v) is 9.71. The number of anilines is 1. The van der Waals surface area contributed by atoms with Crippen LogP contribution in [0, 0.1) is 0 Å². The Bertz CT molecular complexity index is 900. The number of nitrogens with zero attached hydrogens (tertiary/aromatic N) is 3. The molecule has 3 rings (SSSR count). The Balaban J connectivity index is 1.70. The molecule has 1 atom stereocenters. The number of nitrogens with one attached hydrogen (secondary N) is 1. The lowest BCUT2D eigenvalue weighted by Crippen LogP contribution is -2.39. The number of carbonyl (C=O) groups excluding carboxylic acids is 1. The zero-order valence-electron chi connectivity index (χ0n) is 14.2. The number of sulfonamides is 1. The van der Waals surface area contributed by atoms with Gasteiger partial charge in [-0.25, -0.2) is 12.7 Å². The smallest absolute Gasteiger partial charge is 0.286 e. The molecule has 0 unspecified atom stereocenters. The van der Waals surface area contributed by atoms with Crippen molar-refractivity contribution in [2.75, 3.05) is 24.2 Å². The maximum absolute atomic E-state index is 12.3. The SMILES string of the molecule is CCS(=O)(=O)N1CCC[C@@H](c2nnc(C(=O)Nc3cccc(Cl)c3)s2)C1. The van der Waals surface area contributed by atoms with Crippen LogP contribution in [-0.2, 0) is 10.0 Å². The van der Waals surface area contributed by atoms with Gasteiger partial charge < -0.3 is 5.32 Å². The van der Waals surface area contributed by atoms with E-state index in [1.165, 1.54) is 15.6 Å². The van der Waals surface area contributed by atoms with Crippen LogP contribution in [0.4, 0.5) is 5.69 Å². The Labute approximate surface area is 161 Å². The number of carbonyl (C=O) groups is 1. The van der Waals surface area contributed by atoms with Crippen molar-refractivity contribution in [2.24, 2.45) is 0 Å². The molecular formula is C16H19ClN4O3S2. The first-order valence-electron chi connectivity index (χ1n) is 8.27. The lowest BCUT2D eigenvalue weighted by Gasteiger charge is -2.30. The van der Waals surface area contributed by atoms with Crippen molar-refractivity contribution in [1.29, 1.82) is 0 Å². The average molecular weight is 415 g/mol. The van der Waals surface area contributed by atoms with Crippen molar-refractivity contribution in [3.63, 3.8) is 0 Å². The van der Waals surface area contributed by atoms with Crippen LogP contribution in [0.5, 0.6) is 0 Å². The molecule has 2 heterocycles. The molecule has 1 fully saturated rings. The topological polar surface area (TPSA) is 92.3 Å². The largest absolute Gasteiger partial charge is 0.320 e. The summed E-state index contributed by atoms with van der Waals surface area (Å²) in [5.74, 6) is -0.302. The Morgan fingerprint density at radius 3 is 2.96 bits per heavy atom. The molecule has 26 heavy (non-hydrogen) atoms. The first kappa shape index (κ1) is 19.2. The van der Waals surface area contributed by atoms with Gasteiger partial charge in [0.1, 0.15) is 5.01 Å². The lowest BCUT2D eigenvalue weighted by molar-refractivity contribution is 0.102. The third-order valence-corrected chi connectivity index (χ3v) is 7.38. The average Bonchev–Trinajstić information content (AvgIpc) is 3.12. The number of amides is 1. The zero-order valence-corrected chi connectivity index (χ0v) is 16.6. The first-order chi connectivity index (χ1) is 12.4. The number of hydrogen-bond donors (Lipinski definition) is 1. The summed E-state index contributed by atoms with van der Waals surface area (Å²) in [5, 5.41) is 12.3. The van der Waals surface area contributed by atoms with E-state index in [4.69, 9.17) is 11.6 Å². The molecule has 0 saturated carbocycles. The summed E-state index contributed by atoms with van der Waals surface area (Å²) < 4.78 is 25.7. The summed E-state index contributed by atoms with van der Waals surface area (Å²) in [6, 6.07) is 6.85. The molecule has 0 bridgehead atoms. The number of rotatable bonds is 5. The second-order valence-electron chi connectivity index (χ2n) is 6.01. The summed E-state index contributed by atoms with van der Waals surface area (Å²) in [5.41, 5.74) is 0.581.